The summed E-state index contributed by atoms with van der Waals surface area (Å²) in [5.41, 5.74) is 8.22. The lowest BCUT2D eigenvalue weighted by Gasteiger charge is -2.08. The Morgan fingerprint density at radius 2 is 2.00 bits per heavy atom. The van der Waals surface area contributed by atoms with Gasteiger partial charge in [-0.15, -0.1) is 11.3 Å². The standard InChI is InChI=1S/C15H14N2OS/c16-12(9-10-4-3-5-11(18)8-10)15-17-13-6-1-2-7-14(13)19-15/h1-8,12,18H,9,16H2. The summed E-state index contributed by atoms with van der Waals surface area (Å²) < 4.78 is 1.16. The van der Waals surface area contributed by atoms with Crippen molar-refractivity contribution >= 4 is 21.6 Å². The molecule has 0 spiro atoms. The molecule has 1 heterocycles. The smallest absolute Gasteiger partial charge is 0.115 e. The second kappa shape index (κ2) is 4.99. The molecule has 0 radical (unpaired) electrons. The minimum atomic E-state index is -0.140. The summed E-state index contributed by atoms with van der Waals surface area (Å²) in [5, 5.41) is 10.4. The fourth-order valence-electron chi connectivity index (χ4n) is 2.07. The van der Waals surface area contributed by atoms with E-state index < -0.39 is 0 Å². The van der Waals surface area contributed by atoms with Crippen molar-refractivity contribution < 1.29 is 5.11 Å². The quantitative estimate of drug-likeness (QED) is 0.768. The van der Waals surface area contributed by atoms with Crippen molar-refractivity contribution in [2.24, 2.45) is 5.73 Å². The molecule has 3 N–H and O–H groups in total. The second-order valence-electron chi connectivity index (χ2n) is 4.50. The Kier molecular flexibility index (Phi) is 3.19. The molecule has 0 aliphatic carbocycles. The highest BCUT2D eigenvalue weighted by atomic mass is 32.1. The van der Waals surface area contributed by atoms with E-state index in [0.717, 1.165) is 20.8 Å². The van der Waals surface area contributed by atoms with E-state index in [9.17, 15) is 5.11 Å². The Balaban J connectivity index is 1.85. The number of thiazole rings is 1. The molecule has 0 saturated carbocycles. The van der Waals surface area contributed by atoms with Crippen LogP contribution >= 0.6 is 11.3 Å². The van der Waals surface area contributed by atoms with Crippen molar-refractivity contribution in [3.05, 3.63) is 59.1 Å². The van der Waals surface area contributed by atoms with E-state index in [-0.39, 0.29) is 11.8 Å². The molecule has 0 aliphatic heterocycles. The largest absolute Gasteiger partial charge is 0.508 e. The van der Waals surface area contributed by atoms with Gasteiger partial charge in [-0.1, -0.05) is 24.3 Å². The summed E-state index contributed by atoms with van der Waals surface area (Å²) in [5.74, 6) is 0.272. The molecule has 0 saturated heterocycles. The molecule has 0 bridgehead atoms. The molecule has 0 amide bonds. The van der Waals surface area contributed by atoms with Crippen LogP contribution in [0.25, 0.3) is 10.2 Å². The summed E-state index contributed by atoms with van der Waals surface area (Å²) in [6.45, 7) is 0. The van der Waals surface area contributed by atoms with Crippen LogP contribution in [-0.2, 0) is 6.42 Å². The van der Waals surface area contributed by atoms with Crippen molar-refractivity contribution in [3.63, 3.8) is 0 Å². The van der Waals surface area contributed by atoms with E-state index in [1.165, 1.54) is 0 Å². The summed E-state index contributed by atoms with van der Waals surface area (Å²) in [6, 6.07) is 15.1. The number of para-hydroxylation sites is 1. The van der Waals surface area contributed by atoms with Crippen molar-refractivity contribution in [1.82, 2.24) is 4.98 Å². The van der Waals surface area contributed by atoms with Crippen LogP contribution in [0, 0.1) is 0 Å². The zero-order valence-electron chi connectivity index (χ0n) is 10.3. The Morgan fingerprint density at radius 3 is 2.79 bits per heavy atom. The number of aromatic hydroxyl groups is 1. The van der Waals surface area contributed by atoms with E-state index in [0.29, 0.717) is 6.42 Å². The third-order valence-corrected chi connectivity index (χ3v) is 4.16. The number of aromatic nitrogens is 1. The summed E-state index contributed by atoms with van der Waals surface area (Å²) >= 11 is 1.63. The predicted octanol–water partition coefficient (Wildman–Crippen LogP) is 3.24. The SMILES string of the molecule is NC(Cc1cccc(O)c1)c1nc2ccccc2s1. The van der Waals surface area contributed by atoms with E-state index in [2.05, 4.69) is 11.1 Å². The maximum absolute atomic E-state index is 9.46. The number of phenolic OH excluding ortho intramolecular Hbond substituents is 1. The number of benzene rings is 2. The fourth-order valence-corrected chi connectivity index (χ4v) is 3.04. The molecule has 3 nitrogen and oxygen atoms in total. The summed E-state index contributed by atoms with van der Waals surface area (Å²) in [4.78, 5) is 4.56. The van der Waals surface area contributed by atoms with E-state index in [1.54, 1.807) is 23.5 Å². The van der Waals surface area contributed by atoms with E-state index in [1.807, 2.05) is 30.3 Å². The van der Waals surface area contributed by atoms with Crippen LogP contribution < -0.4 is 5.73 Å². The van der Waals surface area contributed by atoms with E-state index >= 15 is 0 Å². The number of nitrogens with zero attached hydrogens (tertiary/aromatic N) is 1. The van der Waals surface area contributed by atoms with Gasteiger partial charge in [0.1, 0.15) is 10.8 Å². The lowest BCUT2D eigenvalue weighted by Crippen LogP contribution is -2.12. The third kappa shape index (κ3) is 2.59. The van der Waals surface area contributed by atoms with Gasteiger partial charge in [-0.2, -0.15) is 0 Å². The molecule has 2 aromatic carbocycles. The average molecular weight is 270 g/mol. The molecule has 1 unspecified atom stereocenters. The van der Waals surface area contributed by atoms with Gasteiger partial charge in [-0.05, 0) is 36.2 Å². The highest BCUT2D eigenvalue weighted by molar-refractivity contribution is 7.18. The number of fused-ring (bicyclic) bond motifs is 1. The van der Waals surface area contributed by atoms with Crippen LogP contribution in [0.4, 0.5) is 0 Å². The molecule has 3 rings (SSSR count). The number of hydrogen-bond acceptors (Lipinski definition) is 4. The molecule has 19 heavy (non-hydrogen) atoms. The topological polar surface area (TPSA) is 59.1 Å². The Bertz CT molecular complexity index is 675. The van der Waals surface area contributed by atoms with Gasteiger partial charge in [-0.3, -0.25) is 0 Å². The Labute approximate surface area is 115 Å². The van der Waals surface area contributed by atoms with Gasteiger partial charge in [0, 0.05) is 0 Å². The van der Waals surface area contributed by atoms with Gasteiger partial charge in [-0.25, -0.2) is 4.98 Å². The predicted molar refractivity (Wildman–Crippen MR) is 78.4 cm³/mol. The van der Waals surface area contributed by atoms with Gasteiger partial charge in [0.2, 0.25) is 0 Å². The fraction of sp³-hybridized carbons (Fsp3) is 0.133. The zero-order valence-corrected chi connectivity index (χ0v) is 11.1. The van der Waals surface area contributed by atoms with Crippen molar-refractivity contribution in [1.29, 1.82) is 0 Å². The molecule has 96 valence electrons. The summed E-state index contributed by atoms with van der Waals surface area (Å²) in [6.07, 6.45) is 0.675. The molecular weight excluding hydrogens is 256 g/mol. The molecular formula is C15H14N2OS. The normalized spacial score (nSPS) is 12.7. The Hall–Kier alpha value is -1.91. The second-order valence-corrected chi connectivity index (χ2v) is 5.56. The first-order valence-corrected chi connectivity index (χ1v) is 6.93. The van der Waals surface area contributed by atoms with Gasteiger partial charge < -0.3 is 10.8 Å². The lowest BCUT2D eigenvalue weighted by atomic mass is 10.1. The maximum Gasteiger partial charge on any atom is 0.115 e. The van der Waals surface area contributed by atoms with Crippen LogP contribution in [0.2, 0.25) is 0 Å². The molecule has 0 fully saturated rings. The van der Waals surface area contributed by atoms with Gasteiger partial charge in [0.15, 0.2) is 0 Å². The first-order valence-electron chi connectivity index (χ1n) is 6.11. The number of phenols is 1. The van der Waals surface area contributed by atoms with Crippen molar-refractivity contribution in [2.75, 3.05) is 0 Å². The first-order chi connectivity index (χ1) is 9.22. The van der Waals surface area contributed by atoms with Gasteiger partial charge in [0.25, 0.3) is 0 Å². The van der Waals surface area contributed by atoms with E-state index in [4.69, 9.17) is 5.73 Å². The number of nitrogens with two attached hydrogens (primary N) is 1. The maximum atomic E-state index is 9.46. The average Bonchev–Trinajstić information content (AvgIpc) is 2.82. The lowest BCUT2D eigenvalue weighted by molar-refractivity contribution is 0.474. The van der Waals surface area contributed by atoms with Crippen LogP contribution in [0.5, 0.6) is 5.75 Å². The molecule has 1 aromatic heterocycles. The highest BCUT2D eigenvalue weighted by Gasteiger charge is 2.12. The van der Waals surface area contributed by atoms with Gasteiger partial charge in [0.05, 0.1) is 16.3 Å². The van der Waals surface area contributed by atoms with Crippen LogP contribution in [0.3, 0.4) is 0 Å². The van der Waals surface area contributed by atoms with Crippen molar-refractivity contribution in [3.8, 4) is 5.75 Å². The van der Waals surface area contributed by atoms with Crippen molar-refractivity contribution in [2.45, 2.75) is 12.5 Å². The first kappa shape index (κ1) is 12.1. The molecule has 1 atom stereocenters. The minimum Gasteiger partial charge on any atom is -0.508 e. The van der Waals surface area contributed by atoms with Crippen LogP contribution in [0.1, 0.15) is 16.6 Å². The Morgan fingerprint density at radius 1 is 1.16 bits per heavy atom. The molecule has 3 aromatic rings. The summed E-state index contributed by atoms with van der Waals surface area (Å²) in [7, 11) is 0. The third-order valence-electron chi connectivity index (χ3n) is 2.99. The minimum absolute atomic E-state index is 0.140. The van der Waals surface area contributed by atoms with Gasteiger partial charge >= 0.3 is 0 Å². The molecule has 0 aliphatic rings. The number of rotatable bonds is 3. The zero-order chi connectivity index (χ0) is 13.2. The number of hydrogen-bond donors (Lipinski definition) is 2. The monoisotopic (exact) mass is 270 g/mol. The highest BCUT2D eigenvalue weighted by Crippen LogP contribution is 2.27. The van der Waals surface area contributed by atoms with Crippen LogP contribution in [0.15, 0.2) is 48.5 Å². The molecule has 4 heteroatoms. The van der Waals surface area contributed by atoms with Crippen LogP contribution in [-0.4, -0.2) is 10.1 Å².